The fourth-order valence-corrected chi connectivity index (χ4v) is 2.47. The van der Waals surface area contributed by atoms with Crippen molar-refractivity contribution in [2.24, 2.45) is 0 Å². The lowest BCUT2D eigenvalue weighted by Crippen LogP contribution is -2.20. The number of fused-ring (bicyclic) bond motifs is 5. The third-order valence-corrected chi connectivity index (χ3v) is 3.29. The van der Waals surface area contributed by atoms with Gasteiger partial charge in [0.1, 0.15) is 12.4 Å². The second kappa shape index (κ2) is 4.00. The van der Waals surface area contributed by atoms with Crippen LogP contribution in [0.4, 0.5) is 0 Å². The summed E-state index contributed by atoms with van der Waals surface area (Å²) in [5.41, 5.74) is 2.31. The van der Waals surface area contributed by atoms with E-state index in [2.05, 4.69) is 6.07 Å². The van der Waals surface area contributed by atoms with Crippen LogP contribution in [0.25, 0.3) is 0 Å². The molecule has 3 nitrogen and oxygen atoms in total. The van der Waals surface area contributed by atoms with Crippen molar-refractivity contribution >= 4 is 6.29 Å². The minimum atomic E-state index is -0.350. The van der Waals surface area contributed by atoms with Crippen molar-refractivity contribution in [1.82, 2.24) is 0 Å². The number of carbonyl (C=O) groups excluding carboxylic acids is 1. The van der Waals surface area contributed by atoms with Gasteiger partial charge in [-0.15, -0.1) is 0 Å². The van der Waals surface area contributed by atoms with Crippen molar-refractivity contribution in [1.29, 1.82) is 0 Å². The normalized spacial score (nSPS) is 32.6. The lowest BCUT2D eigenvalue weighted by atomic mass is 10.0. The molecule has 2 aliphatic rings. The van der Waals surface area contributed by atoms with Gasteiger partial charge >= 0.3 is 0 Å². The fourth-order valence-electron chi connectivity index (χ4n) is 2.47. The molecule has 0 saturated carbocycles. The maximum absolute atomic E-state index is 10.8. The van der Waals surface area contributed by atoms with E-state index >= 15 is 0 Å². The van der Waals surface area contributed by atoms with Crippen LogP contribution in [0.5, 0.6) is 0 Å². The Morgan fingerprint density at radius 2 is 1.94 bits per heavy atom. The summed E-state index contributed by atoms with van der Waals surface area (Å²) >= 11 is 0. The van der Waals surface area contributed by atoms with Gasteiger partial charge < -0.3 is 14.3 Å². The molecule has 0 N–H and O–H groups in total. The molecule has 3 atom stereocenters. The lowest BCUT2D eigenvalue weighted by molar-refractivity contribution is -0.194. The average Bonchev–Trinajstić information content (AvgIpc) is 2.65. The molecule has 84 valence electrons. The first kappa shape index (κ1) is 10.00. The molecule has 1 aromatic rings. The fraction of sp³-hybridized carbons (Fsp3) is 0.462. The molecule has 2 heterocycles. The number of ether oxygens (including phenoxy) is 2. The molecule has 0 unspecified atom stereocenters. The minimum absolute atomic E-state index is 0.147. The molecule has 0 radical (unpaired) electrons. The monoisotopic (exact) mass is 218 g/mol. The topological polar surface area (TPSA) is 35.5 Å². The summed E-state index contributed by atoms with van der Waals surface area (Å²) in [6.45, 7) is 0. The van der Waals surface area contributed by atoms with Gasteiger partial charge in [-0.1, -0.05) is 24.3 Å². The molecule has 1 aromatic carbocycles. The number of carbonyl (C=O) groups is 1. The quantitative estimate of drug-likeness (QED) is 0.679. The predicted molar refractivity (Wildman–Crippen MR) is 57.8 cm³/mol. The van der Waals surface area contributed by atoms with E-state index < -0.39 is 0 Å². The number of benzene rings is 1. The van der Waals surface area contributed by atoms with Gasteiger partial charge in [-0.25, -0.2) is 0 Å². The molecule has 16 heavy (non-hydrogen) atoms. The molecular formula is C13H14O3. The highest BCUT2D eigenvalue weighted by atomic mass is 16.7. The average molecular weight is 218 g/mol. The SMILES string of the molecule is O=C[C@@H]1CCC[C@H]2O[C@@H](O1)c1ccccc12. The standard InChI is InChI=1S/C13H14O3/c14-8-9-4-3-7-12-10-5-1-2-6-11(10)13(15-9)16-12/h1-2,5-6,8-9,12-13H,3-4,7H2/t9-,12+,13+/m0/s1. The maximum Gasteiger partial charge on any atom is 0.185 e. The van der Waals surface area contributed by atoms with Crippen molar-refractivity contribution in [3.8, 4) is 0 Å². The first-order valence-corrected chi connectivity index (χ1v) is 5.73. The molecule has 1 fully saturated rings. The highest BCUT2D eigenvalue weighted by molar-refractivity contribution is 5.56. The van der Waals surface area contributed by atoms with Crippen LogP contribution in [0, 0.1) is 0 Å². The van der Waals surface area contributed by atoms with Gasteiger partial charge in [0.25, 0.3) is 0 Å². The molecular weight excluding hydrogens is 204 g/mol. The van der Waals surface area contributed by atoms with Crippen LogP contribution in [-0.2, 0) is 14.3 Å². The van der Waals surface area contributed by atoms with Gasteiger partial charge in [0, 0.05) is 5.56 Å². The van der Waals surface area contributed by atoms with Crippen LogP contribution in [0.3, 0.4) is 0 Å². The predicted octanol–water partition coefficient (Wildman–Crippen LogP) is 2.52. The molecule has 3 rings (SSSR count). The van der Waals surface area contributed by atoms with Crippen LogP contribution in [0.15, 0.2) is 24.3 Å². The molecule has 0 amide bonds. The zero-order valence-corrected chi connectivity index (χ0v) is 8.96. The van der Waals surface area contributed by atoms with Crippen molar-refractivity contribution in [2.45, 2.75) is 37.8 Å². The Kier molecular flexibility index (Phi) is 2.50. The van der Waals surface area contributed by atoms with Gasteiger partial charge in [0.05, 0.1) is 6.10 Å². The Labute approximate surface area is 94.4 Å². The molecule has 1 saturated heterocycles. The second-order valence-electron chi connectivity index (χ2n) is 4.33. The molecule has 2 aliphatic heterocycles. The van der Waals surface area contributed by atoms with E-state index in [1.807, 2.05) is 18.2 Å². The first-order chi connectivity index (χ1) is 7.88. The molecule has 0 aliphatic carbocycles. The van der Waals surface area contributed by atoms with Crippen LogP contribution in [-0.4, -0.2) is 12.4 Å². The van der Waals surface area contributed by atoms with Crippen molar-refractivity contribution in [2.75, 3.05) is 0 Å². The third kappa shape index (κ3) is 1.56. The third-order valence-electron chi connectivity index (χ3n) is 3.29. The summed E-state index contributed by atoms with van der Waals surface area (Å²) in [6, 6.07) is 8.11. The Morgan fingerprint density at radius 3 is 2.75 bits per heavy atom. The molecule has 2 bridgehead atoms. The van der Waals surface area contributed by atoms with E-state index in [4.69, 9.17) is 9.47 Å². The second-order valence-corrected chi connectivity index (χ2v) is 4.33. The smallest absolute Gasteiger partial charge is 0.185 e. The zero-order chi connectivity index (χ0) is 11.0. The van der Waals surface area contributed by atoms with Gasteiger partial charge in [-0.3, -0.25) is 0 Å². The van der Waals surface area contributed by atoms with Crippen LogP contribution < -0.4 is 0 Å². The van der Waals surface area contributed by atoms with E-state index in [1.165, 1.54) is 5.56 Å². The Bertz CT molecular complexity index is 402. The van der Waals surface area contributed by atoms with E-state index in [1.54, 1.807) is 0 Å². The van der Waals surface area contributed by atoms with Gasteiger partial charge in [-0.05, 0) is 24.8 Å². The summed E-state index contributed by atoms with van der Waals surface area (Å²) < 4.78 is 11.5. The minimum Gasteiger partial charge on any atom is -0.340 e. The summed E-state index contributed by atoms with van der Waals surface area (Å²) in [4.78, 5) is 10.8. The van der Waals surface area contributed by atoms with Crippen LogP contribution in [0.2, 0.25) is 0 Å². The van der Waals surface area contributed by atoms with Crippen molar-refractivity contribution < 1.29 is 14.3 Å². The number of aldehydes is 1. The Morgan fingerprint density at radius 1 is 1.12 bits per heavy atom. The summed E-state index contributed by atoms with van der Waals surface area (Å²) in [7, 11) is 0. The molecule has 3 heteroatoms. The molecule has 0 aromatic heterocycles. The zero-order valence-electron chi connectivity index (χ0n) is 8.96. The highest BCUT2D eigenvalue weighted by Gasteiger charge is 2.35. The van der Waals surface area contributed by atoms with E-state index in [0.29, 0.717) is 0 Å². The number of hydrogen-bond donors (Lipinski definition) is 0. The van der Waals surface area contributed by atoms with Gasteiger partial charge in [0.2, 0.25) is 0 Å². The van der Waals surface area contributed by atoms with Crippen molar-refractivity contribution in [3.05, 3.63) is 35.4 Å². The van der Waals surface area contributed by atoms with Crippen LogP contribution in [0.1, 0.15) is 42.8 Å². The first-order valence-electron chi connectivity index (χ1n) is 5.73. The van der Waals surface area contributed by atoms with E-state index in [-0.39, 0.29) is 18.5 Å². The molecule has 0 spiro atoms. The van der Waals surface area contributed by atoms with Gasteiger partial charge in [0.15, 0.2) is 6.29 Å². The largest absolute Gasteiger partial charge is 0.340 e. The van der Waals surface area contributed by atoms with Gasteiger partial charge in [-0.2, -0.15) is 0 Å². The number of hydrogen-bond acceptors (Lipinski definition) is 3. The summed E-state index contributed by atoms with van der Waals surface area (Å²) in [6.07, 6.45) is 3.09. The lowest BCUT2D eigenvalue weighted by Gasteiger charge is -2.22. The number of rotatable bonds is 1. The van der Waals surface area contributed by atoms with Crippen molar-refractivity contribution in [3.63, 3.8) is 0 Å². The Hall–Kier alpha value is -1.19. The summed E-state index contributed by atoms with van der Waals surface area (Å²) in [5, 5.41) is 0. The highest BCUT2D eigenvalue weighted by Crippen LogP contribution is 2.44. The maximum atomic E-state index is 10.8. The van der Waals surface area contributed by atoms with Crippen LogP contribution >= 0.6 is 0 Å². The van der Waals surface area contributed by atoms with E-state index in [0.717, 1.165) is 31.1 Å². The van der Waals surface area contributed by atoms with E-state index in [9.17, 15) is 4.79 Å². The summed E-state index contributed by atoms with van der Waals surface area (Å²) in [5.74, 6) is 0. The Balaban J connectivity index is 1.95.